The predicted molar refractivity (Wildman–Crippen MR) is 81.8 cm³/mol. The van der Waals surface area contributed by atoms with Crippen molar-refractivity contribution in [2.75, 3.05) is 5.32 Å². The van der Waals surface area contributed by atoms with Crippen molar-refractivity contribution in [2.24, 2.45) is 0 Å². The van der Waals surface area contributed by atoms with E-state index >= 15 is 0 Å². The second-order valence-electron chi connectivity index (χ2n) is 4.22. The molecule has 0 aromatic carbocycles. The van der Waals surface area contributed by atoms with Crippen molar-refractivity contribution in [3.63, 3.8) is 0 Å². The van der Waals surface area contributed by atoms with E-state index in [1.54, 1.807) is 19.1 Å². The van der Waals surface area contributed by atoms with Gasteiger partial charge in [0.25, 0.3) is 5.91 Å². The highest BCUT2D eigenvalue weighted by molar-refractivity contribution is 7.13. The molecule has 1 N–H and O–H groups in total. The number of carbonyl (C=O) groups is 1. The fourth-order valence-corrected chi connectivity index (χ4v) is 2.50. The van der Waals surface area contributed by atoms with E-state index in [-0.39, 0.29) is 11.6 Å². The quantitative estimate of drug-likeness (QED) is 0.792. The fraction of sp³-hybridized carbons (Fsp3) is 0.0714. The Hall–Kier alpha value is -2.18. The maximum Gasteiger partial charge on any atom is 0.279 e. The Morgan fingerprint density at radius 3 is 2.90 bits per heavy atom. The SMILES string of the molecule is Cc1oc(-c2cccs2)nc1C(=O)Nc1ccc(Cl)cn1. The molecular weight excluding hydrogens is 310 g/mol. The summed E-state index contributed by atoms with van der Waals surface area (Å²) in [6.45, 7) is 1.70. The summed E-state index contributed by atoms with van der Waals surface area (Å²) in [6.07, 6.45) is 1.46. The van der Waals surface area contributed by atoms with Gasteiger partial charge < -0.3 is 9.73 Å². The lowest BCUT2D eigenvalue weighted by Crippen LogP contribution is -2.14. The van der Waals surface area contributed by atoms with E-state index in [0.29, 0.717) is 22.5 Å². The summed E-state index contributed by atoms with van der Waals surface area (Å²) in [5.41, 5.74) is 0.246. The van der Waals surface area contributed by atoms with E-state index in [4.69, 9.17) is 16.0 Å². The second kappa shape index (κ2) is 5.67. The maximum atomic E-state index is 12.2. The van der Waals surface area contributed by atoms with E-state index in [0.717, 1.165) is 4.88 Å². The first-order chi connectivity index (χ1) is 10.1. The predicted octanol–water partition coefficient (Wildman–Crippen LogP) is 4.01. The Morgan fingerprint density at radius 2 is 2.24 bits per heavy atom. The minimum Gasteiger partial charge on any atom is -0.440 e. The van der Waals surface area contributed by atoms with Crippen molar-refractivity contribution in [2.45, 2.75) is 6.92 Å². The van der Waals surface area contributed by atoms with E-state index in [2.05, 4.69) is 15.3 Å². The number of anilines is 1. The van der Waals surface area contributed by atoms with Crippen LogP contribution in [0.5, 0.6) is 0 Å². The highest BCUT2D eigenvalue weighted by Gasteiger charge is 2.18. The third-order valence-electron chi connectivity index (χ3n) is 2.71. The van der Waals surface area contributed by atoms with Gasteiger partial charge in [-0.15, -0.1) is 11.3 Å². The van der Waals surface area contributed by atoms with Crippen LogP contribution in [0.15, 0.2) is 40.3 Å². The lowest BCUT2D eigenvalue weighted by atomic mass is 10.3. The summed E-state index contributed by atoms with van der Waals surface area (Å²) in [7, 11) is 0. The largest absolute Gasteiger partial charge is 0.440 e. The van der Waals surface area contributed by atoms with Crippen molar-refractivity contribution in [1.29, 1.82) is 0 Å². The van der Waals surface area contributed by atoms with Crippen molar-refractivity contribution >= 4 is 34.7 Å². The molecule has 0 radical (unpaired) electrons. The molecule has 106 valence electrons. The van der Waals surface area contributed by atoms with Crippen LogP contribution < -0.4 is 5.32 Å². The number of rotatable bonds is 3. The number of aryl methyl sites for hydroxylation is 1. The number of pyridine rings is 1. The number of thiophene rings is 1. The third kappa shape index (κ3) is 2.96. The molecule has 0 fully saturated rings. The van der Waals surface area contributed by atoms with Crippen LogP contribution in [-0.4, -0.2) is 15.9 Å². The first-order valence-electron chi connectivity index (χ1n) is 6.07. The molecule has 21 heavy (non-hydrogen) atoms. The average Bonchev–Trinajstić information content (AvgIpc) is 3.10. The zero-order valence-corrected chi connectivity index (χ0v) is 12.5. The minimum atomic E-state index is -0.367. The molecule has 0 aliphatic heterocycles. The third-order valence-corrected chi connectivity index (χ3v) is 3.79. The van der Waals surface area contributed by atoms with Crippen LogP contribution in [0.4, 0.5) is 5.82 Å². The monoisotopic (exact) mass is 319 g/mol. The van der Waals surface area contributed by atoms with Crippen LogP contribution in [0.25, 0.3) is 10.8 Å². The van der Waals surface area contributed by atoms with Crippen LogP contribution >= 0.6 is 22.9 Å². The van der Waals surface area contributed by atoms with Crippen LogP contribution in [0, 0.1) is 6.92 Å². The Balaban J connectivity index is 1.83. The van der Waals surface area contributed by atoms with Crippen LogP contribution in [0.2, 0.25) is 5.02 Å². The van der Waals surface area contributed by atoms with E-state index in [9.17, 15) is 4.79 Å². The van der Waals surface area contributed by atoms with Crippen LogP contribution in [0.3, 0.4) is 0 Å². The van der Waals surface area contributed by atoms with Gasteiger partial charge >= 0.3 is 0 Å². The maximum absolute atomic E-state index is 12.2. The number of aromatic nitrogens is 2. The molecular formula is C14H10ClN3O2S. The molecule has 3 heterocycles. The molecule has 0 atom stereocenters. The molecule has 3 aromatic rings. The van der Waals surface area contributed by atoms with Crippen molar-refractivity contribution in [1.82, 2.24) is 9.97 Å². The molecule has 0 unspecified atom stereocenters. The van der Waals surface area contributed by atoms with Gasteiger partial charge in [0.15, 0.2) is 5.69 Å². The average molecular weight is 320 g/mol. The lowest BCUT2D eigenvalue weighted by Gasteiger charge is -2.01. The van der Waals surface area contributed by atoms with Gasteiger partial charge in [-0.25, -0.2) is 9.97 Å². The molecule has 3 rings (SSSR count). The van der Waals surface area contributed by atoms with Gasteiger partial charge in [0.1, 0.15) is 11.6 Å². The van der Waals surface area contributed by atoms with Gasteiger partial charge in [0.05, 0.1) is 9.90 Å². The number of nitrogens with zero attached hydrogens (tertiary/aromatic N) is 2. The van der Waals surface area contributed by atoms with Gasteiger partial charge in [-0.2, -0.15) is 0 Å². The molecule has 5 nitrogen and oxygen atoms in total. The smallest absolute Gasteiger partial charge is 0.279 e. The molecule has 1 amide bonds. The standard InChI is InChI=1S/C14H10ClN3O2S/c1-8-12(18-14(20-8)10-3-2-6-21-10)13(19)17-11-5-4-9(15)7-16-11/h2-7H,1H3,(H,16,17,19). The number of hydrogen-bond donors (Lipinski definition) is 1. The zero-order chi connectivity index (χ0) is 14.8. The summed E-state index contributed by atoms with van der Waals surface area (Å²) < 4.78 is 5.53. The summed E-state index contributed by atoms with van der Waals surface area (Å²) >= 11 is 7.25. The molecule has 0 aliphatic carbocycles. The van der Waals surface area contributed by atoms with Gasteiger partial charge in [-0.1, -0.05) is 17.7 Å². The van der Waals surface area contributed by atoms with E-state index < -0.39 is 0 Å². The fourth-order valence-electron chi connectivity index (χ4n) is 1.74. The topological polar surface area (TPSA) is 68.0 Å². The number of halogens is 1. The van der Waals surface area contributed by atoms with Crippen molar-refractivity contribution in [3.8, 4) is 10.8 Å². The van der Waals surface area contributed by atoms with Gasteiger partial charge in [0, 0.05) is 6.20 Å². The van der Waals surface area contributed by atoms with Crippen molar-refractivity contribution in [3.05, 3.63) is 52.3 Å². The summed E-state index contributed by atoms with van der Waals surface area (Å²) in [5.74, 6) is 0.944. The molecule has 7 heteroatoms. The zero-order valence-electron chi connectivity index (χ0n) is 11.0. The summed E-state index contributed by atoms with van der Waals surface area (Å²) in [6, 6.07) is 7.06. The molecule has 3 aromatic heterocycles. The first kappa shape index (κ1) is 13.8. The second-order valence-corrected chi connectivity index (χ2v) is 5.60. The van der Waals surface area contributed by atoms with E-state index in [1.165, 1.54) is 17.5 Å². The van der Waals surface area contributed by atoms with Gasteiger partial charge in [-0.3, -0.25) is 4.79 Å². The number of carbonyl (C=O) groups excluding carboxylic acids is 1. The first-order valence-corrected chi connectivity index (χ1v) is 7.33. The molecule has 0 spiro atoms. The highest BCUT2D eigenvalue weighted by Crippen LogP contribution is 2.26. The Kier molecular flexibility index (Phi) is 3.72. The van der Waals surface area contributed by atoms with Gasteiger partial charge in [0.2, 0.25) is 5.89 Å². The summed E-state index contributed by atoms with van der Waals surface area (Å²) in [4.78, 5) is 21.3. The number of nitrogens with one attached hydrogen (secondary N) is 1. The normalized spacial score (nSPS) is 10.6. The Morgan fingerprint density at radius 1 is 1.38 bits per heavy atom. The molecule has 0 bridgehead atoms. The molecule has 0 saturated heterocycles. The Labute approximate surface area is 129 Å². The van der Waals surface area contributed by atoms with Crippen molar-refractivity contribution < 1.29 is 9.21 Å². The lowest BCUT2D eigenvalue weighted by molar-refractivity contribution is 0.102. The number of oxazole rings is 1. The molecule has 0 aliphatic rings. The van der Waals surface area contributed by atoms with Crippen LogP contribution in [-0.2, 0) is 0 Å². The Bertz CT molecular complexity index is 766. The van der Waals surface area contributed by atoms with Gasteiger partial charge in [-0.05, 0) is 30.5 Å². The molecule has 0 saturated carbocycles. The highest BCUT2D eigenvalue weighted by atomic mass is 35.5. The summed E-state index contributed by atoms with van der Waals surface area (Å²) in [5, 5.41) is 5.09. The van der Waals surface area contributed by atoms with Crippen LogP contribution in [0.1, 0.15) is 16.2 Å². The minimum absolute atomic E-state index is 0.246. The number of hydrogen-bond acceptors (Lipinski definition) is 5. The number of amides is 1. The van der Waals surface area contributed by atoms with E-state index in [1.807, 2.05) is 17.5 Å².